The molecule has 0 spiro atoms. The molecule has 4 unspecified atom stereocenters. The first kappa shape index (κ1) is 10.1. The fourth-order valence-corrected chi connectivity index (χ4v) is 2.89. The van der Waals surface area contributed by atoms with Crippen LogP contribution in [0.25, 0.3) is 0 Å². The van der Waals surface area contributed by atoms with Crippen molar-refractivity contribution in [1.29, 1.82) is 0 Å². The zero-order valence-corrected chi connectivity index (χ0v) is 9.13. The van der Waals surface area contributed by atoms with Crippen LogP contribution in [-0.4, -0.2) is 22.1 Å². The molecular formula is C11H17N5. The molecule has 5 nitrogen and oxygen atoms in total. The smallest absolute Gasteiger partial charge is 0.115 e. The molecule has 2 aliphatic rings. The van der Waals surface area contributed by atoms with E-state index in [1.165, 1.54) is 0 Å². The highest BCUT2D eigenvalue weighted by atomic mass is 15.4. The van der Waals surface area contributed by atoms with Crippen molar-refractivity contribution in [2.45, 2.75) is 37.4 Å². The van der Waals surface area contributed by atoms with Crippen molar-refractivity contribution in [3.8, 4) is 0 Å². The van der Waals surface area contributed by atoms with E-state index >= 15 is 0 Å². The Morgan fingerprint density at radius 1 is 1.19 bits per heavy atom. The summed E-state index contributed by atoms with van der Waals surface area (Å²) in [7, 11) is 0. The molecule has 1 aliphatic heterocycles. The average molecular weight is 219 g/mol. The van der Waals surface area contributed by atoms with E-state index in [2.05, 4.69) is 20.8 Å². The van der Waals surface area contributed by atoms with Crippen molar-refractivity contribution in [2.75, 3.05) is 0 Å². The monoisotopic (exact) mass is 219 g/mol. The summed E-state index contributed by atoms with van der Waals surface area (Å²) in [4.78, 5) is 8.15. The van der Waals surface area contributed by atoms with Gasteiger partial charge in [0.25, 0.3) is 0 Å². The third kappa shape index (κ3) is 1.71. The number of fused-ring (bicyclic) bond motifs is 1. The Kier molecular flexibility index (Phi) is 2.59. The zero-order chi connectivity index (χ0) is 11.0. The first-order valence-corrected chi connectivity index (χ1v) is 5.86. The van der Waals surface area contributed by atoms with Gasteiger partial charge in [-0.1, -0.05) is 0 Å². The highest BCUT2D eigenvalue weighted by molar-refractivity contribution is 5.14. The second kappa shape index (κ2) is 4.08. The number of nitrogens with two attached hydrogens (primary N) is 1. The minimum Gasteiger partial charge on any atom is -0.328 e. The first-order chi connectivity index (χ1) is 7.84. The number of hydrazine groups is 1. The van der Waals surface area contributed by atoms with Gasteiger partial charge in [0, 0.05) is 30.0 Å². The Morgan fingerprint density at radius 2 is 2.00 bits per heavy atom. The molecule has 1 saturated heterocycles. The third-order valence-corrected chi connectivity index (χ3v) is 3.73. The van der Waals surface area contributed by atoms with Crippen LogP contribution >= 0.6 is 0 Å². The zero-order valence-electron chi connectivity index (χ0n) is 9.13. The second-order valence-electron chi connectivity index (χ2n) is 4.78. The highest BCUT2D eigenvalue weighted by Gasteiger charge is 2.40. The van der Waals surface area contributed by atoms with E-state index in [0.29, 0.717) is 24.0 Å². The van der Waals surface area contributed by atoms with Gasteiger partial charge < -0.3 is 5.73 Å². The molecule has 1 aromatic heterocycles. The fraction of sp³-hybridized carbons (Fsp3) is 0.636. The molecule has 86 valence electrons. The Bertz CT molecular complexity index is 355. The van der Waals surface area contributed by atoms with Crippen molar-refractivity contribution in [3.05, 3.63) is 24.3 Å². The van der Waals surface area contributed by atoms with Gasteiger partial charge in [-0.3, -0.25) is 5.43 Å². The van der Waals surface area contributed by atoms with Crippen LogP contribution in [0.3, 0.4) is 0 Å². The summed E-state index contributed by atoms with van der Waals surface area (Å²) in [5.74, 6) is 0.565. The minimum atomic E-state index is 0.303. The van der Waals surface area contributed by atoms with E-state index in [1.807, 2.05) is 12.4 Å². The first-order valence-electron chi connectivity index (χ1n) is 5.86. The normalized spacial score (nSPS) is 38.3. The Labute approximate surface area is 94.8 Å². The molecule has 16 heavy (non-hydrogen) atoms. The van der Waals surface area contributed by atoms with Gasteiger partial charge in [0.2, 0.25) is 0 Å². The molecule has 2 heterocycles. The Balaban J connectivity index is 1.82. The van der Waals surface area contributed by atoms with Crippen LogP contribution < -0.4 is 16.6 Å². The maximum absolute atomic E-state index is 6.04. The van der Waals surface area contributed by atoms with Crippen LogP contribution in [0.2, 0.25) is 0 Å². The molecule has 0 amide bonds. The molecule has 5 heteroatoms. The van der Waals surface area contributed by atoms with Crippen LogP contribution in [-0.2, 0) is 0 Å². The summed E-state index contributed by atoms with van der Waals surface area (Å²) in [6, 6.07) is 1.19. The van der Waals surface area contributed by atoms with E-state index in [0.717, 1.165) is 24.8 Å². The van der Waals surface area contributed by atoms with Gasteiger partial charge in [0.05, 0.1) is 6.04 Å². The van der Waals surface area contributed by atoms with Gasteiger partial charge in [-0.2, -0.15) is 0 Å². The highest BCUT2D eigenvalue weighted by Crippen LogP contribution is 2.36. The van der Waals surface area contributed by atoms with Gasteiger partial charge in [0.15, 0.2) is 0 Å². The summed E-state index contributed by atoms with van der Waals surface area (Å²) in [5, 5.41) is 0. The molecule has 2 fully saturated rings. The van der Waals surface area contributed by atoms with E-state index in [9.17, 15) is 0 Å². The summed E-state index contributed by atoms with van der Waals surface area (Å²) in [5.41, 5.74) is 13.9. The molecule has 0 radical (unpaired) electrons. The lowest BCUT2D eigenvalue weighted by Crippen LogP contribution is -2.39. The number of nitrogens with zero attached hydrogens (tertiary/aromatic N) is 2. The fourth-order valence-electron chi connectivity index (χ4n) is 2.89. The van der Waals surface area contributed by atoms with E-state index in [-0.39, 0.29) is 0 Å². The van der Waals surface area contributed by atoms with Gasteiger partial charge in [-0.05, 0) is 25.2 Å². The molecular weight excluding hydrogens is 202 g/mol. The van der Waals surface area contributed by atoms with Crippen molar-refractivity contribution in [3.63, 3.8) is 0 Å². The quantitative estimate of drug-likeness (QED) is 0.625. The molecule has 1 aromatic rings. The molecule has 3 rings (SSSR count). The number of hydrogen-bond acceptors (Lipinski definition) is 5. The lowest BCUT2D eigenvalue weighted by atomic mass is 9.78. The summed E-state index contributed by atoms with van der Waals surface area (Å²) in [6.45, 7) is 0. The van der Waals surface area contributed by atoms with E-state index < -0.39 is 0 Å². The third-order valence-electron chi connectivity index (χ3n) is 3.73. The van der Waals surface area contributed by atoms with Gasteiger partial charge in [-0.25, -0.2) is 15.4 Å². The summed E-state index contributed by atoms with van der Waals surface area (Å²) in [6.07, 6.45) is 8.68. The average Bonchev–Trinajstić information content (AvgIpc) is 2.73. The predicted octanol–water partition coefficient (Wildman–Crippen LogP) is 0.121. The standard InChI is InChI=1S/C11H17N5/c12-8-1-2-10-9(3-8)11(16-15-10)7-4-13-6-14-5-7/h4-6,8-11,15-16H,1-3,12H2. The van der Waals surface area contributed by atoms with E-state index in [4.69, 9.17) is 5.73 Å². The van der Waals surface area contributed by atoms with Gasteiger partial charge in [0.1, 0.15) is 6.33 Å². The lowest BCUT2D eigenvalue weighted by Gasteiger charge is -2.31. The topological polar surface area (TPSA) is 75.9 Å². The summed E-state index contributed by atoms with van der Waals surface area (Å²) >= 11 is 0. The molecule has 0 aromatic carbocycles. The van der Waals surface area contributed by atoms with Crippen LogP contribution in [0.15, 0.2) is 18.7 Å². The predicted molar refractivity (Wildman–Crippen MR) is 60.1 cm³/mol. The largest absolute Gasteiger partial charge is 0.328 e. The van der Waals surface area contributed by atoms with Crippen molar-refractivity contribution in [1.82, 2.24) is 20.8 Å². The summed E-state index contributed by atoms with van der Waals surface area (Å²) < 4.78 is 0. The molecule has 4 N–H and O–H groups in total. The Morgan fingerprint density at radius 3 is 2.81 bits per heavy atom. The van der Waals surface area contributed by atoms with E-state index in [1.54, 1.807) is 6.33 Å². The van der Waals surface area contributed by atoms with Crippen LogP contribution in [0, 0.1) is 5.92 Å². The maximum atomic E-state index is 6.04. The van der Waals surface area contributed by atoms with Gasteiger partial charge >= 0.3 is 0 Å². The van der Waals surface area contributed by atoms with Crippen LogP contribution in [0.4, 0.5) is 0 Å². The molecule has 0 bridgehead atoms. The number of nitrogens with one attached hydrogen (secondary N) is 2. The second-order valence-corrected chi connectivity index (χ2v) is 4.78. The maximum Gasteiger partial charge on any atom is 0.115 e. The SMILES string of the molecule is NC1CCC2NNC(c3cncnc3)C2C1. The van der Waals surface area contributed by atoms with Crippen molar-refractivity contribution < 1.29 is 0 Å². The number of rotatable bonds is 1. The van der Waals surface area contributed by atoms with Crippen molar-refractivity contribution in [2.24, 2.45) is 11.7 Å². The van der Waals surface area contributed by atoms with Crippen molar-refractivity contribution >= 4 is 0 Å². The number of aromatic nitrogens is 2. The van der Waals surface area contributed by atoms with Crippen LogP contribution in [0.1, 0.15) is 30.9 Å². The Hall–Kier alpha value is -1.04. The van der Waals surface area contributed by atoms with Gasteiger partial charge in [-0.15, -0.1) is 0 Å². The lowest BCUT2D eigenvalue weighted by molar-refractivity contribution is 0.278. The molecule has 4 atom stereocenters. The number of hydrogen-bond donors (Lipinski definition) is 3. The van der Waals surface area contributed by atoms with Crippen LogP contribution in [0.5, 0.6) is 0 Å². The molecule has 1 aliphatic carbocycles. The minimum absolute atomic E-state index is 0.303. The molecule has 1 saturated carbocycles.